The molecule has 5 heteroatoms. The average molecular weight is 191 g/mol. The van der Waals surface area contributed by atoms with Crippen LogP contribution >= 0.6 is 0 Å². The van der Waals surface area contributed by atoms with E-state index in [-0.39, 0.29) is 11.4 Å². The number of hydrogen-bond acceptors (Lipinski definition) is 5. The highest BCUT2D eigenvalue weighted by molar-refractivity contribution is 5.67. The van der Waals surface area contributed by atoms with Crippen molar-refractivity contribution in [2.24, 2.45) is 0 Å². The first-order valence-corrected chi connectivity index (χ1v) is 3.75. The SMILES string of the molecule is N#Cc1ccc(OCC(=O)[O-])c(N)c1. The molecule has 0 radical (unpaired) electrons. The standard InChI is InChI=1S/C9H8N2O3/c10-4-6-1-2-8(7(11)3-6)14-5-9(12)13/h1-3H,5,11H2,(H,12,13)/p-1. The van der Waals surface area contributed by atoms with Crippen LogP contribution in [0.2, 0.25) is 0 Å². The third kappa shape index (κ3) is 2.38. The minimum absolute atomic E-state index is 0.227. The molecule has 0 unspecified atom stereocenters. The number of anilines is 1. The maximum absolute atomic E-state index is 10.1. The van der Waals surface area contributed by atoms with Crippen LogP contribution in [0.25, 0.3) is 0 Å². The lowest BCUT2D eigenvalue weighted by Crippen LogP contribution is -2.29. The Morgan fingerprint density at radius 3 is 2.86 bits per heavy atom. The van der Waals surface area contributed by atoms with Crippen LogP contribution in [0.1, 0.15) is 5.56 Å². The van der Waals surface area contributed by atoms with Gasteiger partial charge >= 0.3 is 0 Å². The zero-order valence-electron chi connectivity index (χ0n) is 7.19. The molecule has 0 saturated heterocycles. The molecule has 1 aromatic rings. The van der Waals surface area contributed by atoms with E-state index in [1.54, 1.807) is 0 Å². The number of carboxylic acid groups (broad SMARTS) is 1. The predicted octanol–water partition coefficient (Wildman–Crippen LogP) is -0.731. The molecule has 0 saturated carbocycles. The second kappa shape index (κ2) is 4.14. The maximum atomic E-state index is 10.1. The summed E-state index contributed by atoms with van der Waals surface area (Å²) in [6.45, 7) is -0.559. The summed E-state index contributed by atoms with van der Waals surface area (Å²) in [5.41, 5.74) is 6.11. The number of aliphatic carboxylic acids is 1. The van der Waals surface area contributed by atoms with Crippen molar-refractivity contribution in [2.45, 2.75) is 0 Å². The topological polar surface area (TPSA) is 99.2 Å². The van der Waals surface area contributed by atoms with Crippen LogP contribution in [0.5, 0.6) is 5.75 Å². The molecule has 0 heterocycles. The highest BCUT2D eigenvalue weighted by Gasteiger charge is 2.01. The number of nitriles is 1. The molecule has 0 bridgehead atoms. The molecule has 0 aromatic heterocycles. The molecule has 0 aliphatic heterocycles. The monoisotopic (exact) mass is 191 g/mol. The van der Waals surface area contributed by atoms with Gasteiger partial charge in [-0.05, 0) is 18.2 Å². The number of carbonyl (C=O) groups is 1. The number of rotatable bonds is 3. The second-order valence-corrected chi connectivity index (χ2v) is 2.53. The first-order valence-electron chi connectivity index (χ1n) is 3.75. The molecular weight excluding hydrogens is 184 g/mol. The quantitative estimate of drug-likeness (QED) is 0.635. The molecule has 0 aliphatic rings. The van der Waals surface area contributed by atoms with E-state index >= 15 is 0 Å². The number of benzene rings is 1. The van der Waals surface area contributed by atoms with E-state index in [9.17, 15) is 9.90 Å². The second-order valence-electron chi connectivity index (χ2n) is 2.53. The van der Waals surface area contributed by atoms with Gasteiger partial charge in [-0.25, -0.2) is 0 Å². The Morgan fingerprint density at radius 2 is 2.36 bits per heavy atom. The number of ether oxygens (including phenoxy) is 1. The van der Waals surface area contributed by atoms with Gasteiger partial charge in [-0.3, -0.25) is 0 Å². The van der Waals surface area contributed by atoms with Gasteiger partial charge in [0.25, 0.3) is 0 Å². The van der Waals surface area contributed by atoms with Crippen molar-refractivity contribution in [3.63, 3.8) is 0 Å². The lowest BCUT2D eigenvalue weighted by Gasteiger charge is -2.08. The fourth-order valence-corrected chi connectivity index (χ4v) is 0.886. The molecule has 5 nitrogen and oxygen atoms in total. The summed E-state index contributed by atoms with van der Waals surface area (Å²) in [7, 11) is 0. The van der Waals surface area contributed by atoms with Gasteiger partial charge in [-0.15, -0.1) is 0 Å². The zero-order chi connectivity index (χ0) is 10.6. The molecule has 2 N–H and O–H groups in total. The zero-order valence-corrected chi connectivity index (χ0v) is 7.19. The van der Waals surface area contributed by atoms with Crippen molar-refractivity contribution in [1.29, 1.82) is 5.26 Å². The van der Waals surface area contributed by atoms with Crippen molar-refractivity contribution in [3.8, 4) is 11.8 Å². The maximum Gasteiger partial charge on any atom is 0.142 e. The van der Waals surface area contributed by atoms with E-state index in [0.717, 1.165) is 0 Å². The third-order valence-electron chi connectivity index (χ3n) is 1.48. The fraction of sp³-hybridized carbons (Fsp3) is 0.111. The summed E-state index contributed by atoms with van der Waals surface area (Å²) >= 11 is 0. The normalized spacial score (nSPS) is 9.07. The molecular formula is C9H7N2O3-. The lowest BCUT2D eigenvalue weighted by atomic mass is 10.2. The number of carboxylic acids is 1. The average Bonchev–Trinajstić information content (AvgIpc) is 2.15. The summed E-state index contributed by atoms with van der Waals surface area (Å²) in [5.74, 6) is -1.10. The molecule has 14 heavy (non-hydrogen) atoms. The van der Waals surface area contributed by atoms with Gasteiger partial charge in [0, 0.05) is 0 Å². The van der Waals surface area contributed by atoms with Gasteiger partial charge < -0.3 is 20.4 Å². The Morgan fingerprint density at radius 1 is 1.64 bits per heavy atom. The molecule has 1 aromatic carbocycles. The van der Waals surface area contributed by atoms with Gasteiger partial charge in [-0.2, -0.15) is 5.26 Å². The first kappa shape index (κ1) is 9.86. The van der Waals surface area contributed by atoms with E-state index in [1.807, 2.05) is 6.07 Å². The summed E-state index contributed by atoms with van der Waals surface area (Å²) in [6, 6.07) is 6.23. The van der Waals surface area contributed by atoms with E-state index in [2.05, 4.69) is 0 Å². The molecule has 0 spiro atoms. The molecule has 0 fully saturated rings. The van der Waals surface area contributed by atoms with Gasteiger partial charge in [0.1, 0.15) is 12.4 Å². The van der Waals surface area contributed by atoms with Crippen LogP contribution in [-0.2, 0) is 4.79 Å². The molecule has 1 rings (SSSR count). The van der Waals surface area contributed by atoms with Gasteiger partial charge in [-0.1, -0.05) is 0 Å². The van der Waals surface area contributed by atoms with Crippen molar-refractivity contribution in [3.05, 3.63) is 23.8 Å². The molecule has 0 aliphatic carbocycles. The van der Waals surface area contributed by atoms with Gasteiger partial charge in [0.2, 0.25) is 0 Å². The fourth-order valence-electron chi connectivity index (χ4n) is 0.886. The summed E-state index contributed by atoms with van der Waals surface area (Å²) < 4.78 is 4.80. The number of nitrogen functional groups attached to an aromatic ring is 1. The number of nitrogens with two attached hydrogens (primary N) is 1. The Hall–Kier alpha value is -2.22. The third-order valence-corrected chi connectivity index (χ3v) is 1.48. The highest BCUT2D eigenvalue weighted by atomic mass is 16.5. The first-order chi connectivity index (χ1) is 6.63. The van der Waals surface area contributed by atoms with Crippen molar-refractivity contribution >= 4 is 11.7 Å². The Labute approximate surface area is 80.3 Å². The summed E-state index contributed by atoms with van der Waals surface area (Å²) in [6.07, 6.45) is 0. The van der Waals surface area contributed by atoms with Gasteiger partial charge in [0.05, 0.1) is 23.3 Å². The summed E-state index contributed by atoms with van der Waals surface area (Å²) in [4.78, 5) is 10.1. The minimum Gasteiger partial charge on any atom is -0.546 e. The van der Waals surface area contributed by atoms with Gasteiger partial charge in [0.15, 0.2) is 0 Å². The van der Waals surface area contributed by atoms with E-state index in [4.69, 9.17) is 15.7 Å². The predicted molar refractivity (Wildman–Crippen MR) is 46.1 cm³/mol. The molecule has 0 amide bonds. The van der Waals surface area contributed by atoms with Crippen molar-refractivity contribution in [1.82, 2.24) is 0 Å². The van der Waals surface area contributed by atoms with Crippen LogP contribution in [-0.4, -0.2) is 12.6 Å². The van der Waals surface area contributed by atoms with Crippen LogP contribution in [0.15, 0.2) is 18.2 Å². The summed E-state index contributed by atoms with van der Waals surface area (Å²) in [5, 5.41) is 18.6. The highest BCUT2D eigenvalue weighted by Crippen LogP contribution is 2.21. The number of hydrogen-bond donors (Lipinski definition) is 1. The molecule has 72 valence electrons. The van der Waals surface area contributed by atoms with Crippen LogP contribution < -0.4 is 15.6 Å². The van der Waals surface area contributed by atoms with E-state index in [1.165, 1.54) is 18.2 Å². The Bertz CT molecular complexity index is 396. The largest absolute Gasteiger partial charge is 0.546 e. The van der Waals surface area contributed by atoms with E-state index < -0.39 is 12.6 Å². The van der Waals surface area contributed by atoms with E-state index in [0.29, 0.717) is 5.56 Å². The van der Waals surface area contributed by atoms with Crippen LogP contribution in [0.3, 0.4) is 0 Å². The smallest absolute Gasteiger partial charge is 0.142 e. The lowest BCUT2D eigenvalue weighted by molar-refractivity contribution is -0.307. The number of nitrogens with zero attached hydrogens (tertiary/aromatic N) is 1. The van der Waals surface area contributed by atoms with Crippen molar-refractivity contribution < 1.29 is 14.6 Å². The van der Waals surface area contributed by atoms with Crippen LogP contribution in [0, 0.1) is 11.3 Å². The van der Waals surface area contributed by atoms with Crippen molar-refractivity contribution in [2.75, 3.05) is 12.3 Å². The van der Waals surface area contributed by atoms with Crippen LogP contribution in [0.4, 0.5) is 5.69 Å². The number of carbonyl (C=O) groups excluding carboxylic acids is 1. The Balaban J connectivity index is 2.80. The minimum atomic E-state index is -1.33. The Kier molecular flexibility index (Phi) is 2.92. The molecule has 0 atom stereocenters.